The summed E-state index contributed by atoms with van der Waals surface area (Å²) in [5, 5.41) is 3.28. The Labute approximate surface area is 122 Å². The molecule has 1 aromatic heterocycles. The van der Waals surface area contributed by atoms with Gasteiger partial charge in [-0.2, -0.15) is 0 Å². The van der Waals surface area contributed by atoms with E-state index in [0.29, 0.717) is 0 Å². The summed E-state index contributed by atoms with van der Waals surface area (Å²) in [6, 6.07) is 8.42. The lowest BCUT2D eigenvalue weighted by atomic mass is 10.1. The van der Waals surface area contributed by atoms with E-state index in [4.69, 9.17) is 0 Å². The third-order valence-electron chi connectivity index (χ3n) is 2.71. The Morgan fingerprint density at radius 2 is 1.90 bits per heavy atom. The molecule has 0 unspecified atom stereocenters. The fraction of sp³-hybridized carbons (Fsp3) is 0.353. The predicted molar refractivity (Wildman–Crippen MR) is 86.6 cm³/mol. The highest BCUT2D eigenvalue weighted by molar-refractivity contribution is 5.58. The molecule has 1 heterocycles. The van der Waals surface area contributed by atoms with Gasteiger partial charge in [0.1, 0.15) is 5.82 Å². The molecule has 20 heavy (non-hydrogen) atoms. The lowest BCUT2D eigenvalue weighted by Gasteiger charge is -2.01. The zero-order chi connectivity index (χ0) is 15.0. The van der Waals surface area contributed by atoms with Gasteiger partial charge in [-0.1, -0.05) is 55.8 Å². The highest BCUT2D eigenvalue weighted by atomic mass is 15.0. The number of nitrogens with zero attached hydrogens (tertiary/aromatic N) is 1. The fourth-order valence-corrected chi connectivity index (χ4v) is 1.73. The van der Waals surface area contributed by atoms with E-state index < -0.39 is 0 Å². The zero-order valence-electron chi connectivity index (χ0n) is 13.0. The van der Waals surface area contributed by atoms with Crippen molar-refractivity contribution in [1.29, 1.82) is 0 Å². The van der Waals surface area contributed by atoms with Crippen molar-refractivity contribution in [2.24, 2.45) is 0 Å². The van der Waals surface area contributed by atoms with E-state index >= 15 is 0 Å². The molecule has 0 aliphatic heterocycles. The molecule has 0 atom stereocenters. The summed E-state index contributed by atoms with van der Waals surface area (Å²) in [5.74, 6) is 0.951. The smallest absolute Gasteiger partial charge is 0.120 e. The van der Waals surface area contributed by atoms with Crippen LogP contribution in [0.2, 0.25) is 0 Å². The molecule has 108 valence electrons. The van der Waals surface area contributed by atoms with Crippen molar-refractivity contribution in [3.8, 4) is 11.3 Å². The summed E-state index contributed by atoms with van der Waals surface area (Å²) in [7, 11) is 0. The highest BCUT2D eigenvalue weighted by Gasteiger charge is 2.02. The van der Waals surface area contributed by atoms with Gasteiger partial charge >= 0.3 is 0 Å². The van der Waals surface area contributed by atoms with Crippen LogP contribution in [0, 0.1) is 6.92 Å². The molecular formula is C17H25N3. The van der Waals surface area contributed by atoms with Crippen molar-refractivity contribution in [1.82, 2.24) is 15.3 Å². The highest BCUT2D eigenvalue weighted by Crippen LogP contribution is 2.17. The Bertz CT molecular complexity index is 523. The van der Waals surface area contributed by atoms with Crippen molar-refractivity contribution in [3.05, 3.63) is 54.0 Å². The Morgan fingerprint density at radius 3 is 2.50 bits per heavy atom. The SMILES string of the molecule is C=C(C)CNCc1ncc(-c2ccc(C)cc2)[nH]1.CC. The second kappa shape index (κ2) is 8.33. The number of benzene rings is 1. The van der Waals surface area contributed by atoms with E-state index in [1.165, 1.54) is 11.1 Å². The maximum atomic E-state index is 4.36. The lowest BCUT2D eigenvalue weighted by molar-refractivity contribution is 0.710. The first-order chi connectivity index (χ1) is 9.65. The third-order valence-corrected chi connectivity index (χ3v) is 2.71. The maximum Gasteiger partial charge on any atom is 0.120 e. The van der Waals surface area contributed by atoms with Crippen LogP contribution >= 0.6 is 0 Å². The Morgan fingerprint density at radius 1 is 1.25 bits per heavy atom. The molecule has 0 radical (unpaired) electrons. The molecule has 0 spiro atoms. The molecule has 2 aromatic rings. The van der Waals surface area contributed by atoms with E-state index in [1.54, 1.807) is 0 Å². The van der Waals surface area contributed by atoms with Gasteiger partial charge in [-0.25, -0.2) is 4.98 Å². The van der Waals surface area contributed by atoms with Gasteiger partial charge in [0.2, 0.25) is 0 Å². The van der Waals surface area contributed by atoms with Crippen LogP contribution in [-0.2, 0) is 6.54 Å². The van der Waals surface area contributed by atoms with Gasteiger partial charge in [0.15, 0.2) is 0 Å². The van der Waals surface area contributed by atoms with E-state index in [2.05, 4.69) is 53.1 Å². The molecule has 0 amide bonds. The van der Waals surface area contributed by atoms with Crippen molar-refractivity contribution in [3.63, 3.8) is 0 Å². The molecule has 0 aliphatic rings. The van der Waals surface area contributed by atoms with Crippen molar-refractivity contribution in [2.45, 2.75) is 34.2 Å². The van der Waals surface area contributed by atoms with Gasteiger partial charge in [0, 0.05) is 6.54 Å². The first-order valence-electron chi connectivity index (χ1n) is 7.11. The third kappa shape index (κ3) is 5.02. The monoisotopic (exact) mass is 271 g/mol. The number of aromatic nitrogens is 2. The number of imidazole rings is 1. The summed E-state index contributed by atoms with van der Waals surface area (Å²) >= 11 is 0. The van der Waals surface area contributed by atoms with Crippen LogP contribution in [0.3, 0.4) is 0 Å². The number of hydrogen-bond acceptors (Lipinski definition) is 2. The summed E-state index contributed by atoms with van der Waals surface area (Å²) in [6.07, 6.45) is 1.88. The molecule has 0 aliphatic carbocycles. The number of aromatic amines is 1. The Balaban J connectivity index is 0.000000956. The first-order valence-corrected chi connectivity index (χ1v) is 7.11. The lowest BCUT2D eigenvalue weighted by Crippen LogP contribution is -2.15. The van der Waals surface area contributed by atoms with Crippen LogP contribution < -0.4 is 5.32 Å². The molecule has 3 nitrogen and oxygen atoms in total. The fourth-order valence-electron chi connectivity index (χ4n) is 1.73. The molecule has 2 N–H and O–H groups in total. The summed E-state index contributed by atoms with van der Waals surface area (Å²) < 4.78 is 0. The minimum absolute atomic E-state index is 0.735. The standard InChI is InChI=1S/C15H19N3.C2H6/c1-11(2)8-16-10-15-17-9-14(18-15)13-6-4-12(3)5-7-13;1-2/h4-7,9,16H,1,8,10H2,2-3H3,(H,17,18);1-2H3. The van der Waals surface area contributed by atoms with Crippen LogP contribution in [0.5, 0.6) is 0 Å². The second-order valence-corrected chi connectivity index (χ2v) is 4.67. The quantitative estimate of drug-likeness (QED) is 0.805. The van der Waals surface area contributed by atoms with E-state index in [0.717, 1.165) is 30.2 Å². The molecule has 2 rings (SSSR count). The normalized spacial score (nSPS) is 9.80. The number of nitrogens with one attached hydrogen (secondary N) is 2. The Hall–Kier alpha value is -1.87. The second-order valence-electron chi connectivity index (χ2n) is 4.67. The van der Waals surface area contributed by atoms with Gasteiger partial charge in [0.05, 0.1) is 18.4 Å². The minimum Gasteiger partial charge on any atom is -0.341 e. The molecule has 1 aromatic carbocycles. The largest absolute Gasteiger partial charge is 0.341 e. The van der Waals surface area contributed by atoms with Crippen molar-refractivity contribution < 1.29 is 0 Å². The molecular weight excluding hydrogens is 246 g/mol. The Kier molecular flexibility index (Phi) is 6.74. The molecule has 0 saturated carbocycles. The van der Waals surface area contributed by atoms with Crippen LogP contribution in [0.1, 0.15) is 32.2 Å². The molecule has 0 fully saturated rings. The van der Waals surface area contributed by atoms with Crippen LogP contribution in [0.15, 0.2) is 42.6 Å². The number of rotatable bonds is 5. The van der Waals surface area contributed by atoms with Crippen LogP contribution in [0.25, 0.3) is 11.3 Å². The maximum absolute atomic E-state index is 4.36. The van der Waals surface area contributed by atoms with Crippen LogP contribution in [-0.4, -0.2) is 16.5 Å². The van der Waals surface area contributed by atoms with Gasteiger partial charge in [-0.15, -0.1) is 0 Å². The predicted octanol–water partition coefficient (Wildman–Crippen LogP) is 4.08. The zero-order valence-corrected chi connectivity index (χ0v) is 13.0. The molecule has 3 heteroatoms. The number of aryl methyl sites for hydroxylation is 1. The first kappa shape index (κ1) is 16.2. The average molecular weight is 271 g/mol. The topological polar surface area (TPSA) is 40.7 Å². The molecule has 0 bridgehead atoms. The number of H-pyrrole nitrogens is 1. The summed E-state index contributed by atoms with van der Waals surface area (Å²) in [4.78, 5) is 7.68. The van der Waals surface area contributed by atoms with Crippen molar-refractivity contribution in [2.75, 3.05) is 6.54 Å². The van der Waals surface area contributed by atoms with Gasteiger partial charge < -0.3 is 10.3 Å². The van der Waals surface area contributed by atoms with Gasteiger partial charge in [0.25, 0.3) is 0 Å². The van der Waals surface area contributed by atoms with Crippen molar-refractivity contribution >= 4 is 0 Å². The number of hydrogen-bond donors (Lipinski definition) is 2. The van der Waals surface area contributed by atoms with E-state index in [9.17, 15) is 0 Å². The minimum atomic E-state index is 0.735. The van der Waals surface area contributed by atoms with Gasteiger partial charge in [-0.05, 0) is 19.4 Å². The van der Waals surface area contributed by atoms with E-state index in [-0.39, 0.29) is 0 Å². The summed E-state index contributed by atoms with van der Waals surface area (Å²) in [5.41, 5.74) is 4.61. The molecule has 0 saturated heterocycles. The summed E-state index contributed by atoms with van der Waals surface area (Å²) in [6.45, 7) is 13.5. The average Bonchev–Trinajstić information content (AvgIpc) is 2.90. The van der Waals surface area contributed by atoms with Crippen LogP contribution in [0.4, 0.5) is 0 Å². The van der Waals surface area contributed by atoms with E-state index in [1.807, 2.05) is 27.0 Å². The van der Waals surface area contributed by atoms with Gasteiger partial charge in [-0.3, -0.25) is 0 Å².